The van der Waals surface area contributed by atoms with E-state index in [0.29, 0.717) is 23.5 Å². The Kier molecular flexibility index (Phi) is 6.11. The molecule has 0 aliphatic rings. The molecule has 0 fully saturated rings. The van der Waals surface area contributed by atoms with Crippen LogP contribution < -0.4 is 45.3 Å². The van der Waals surface area contributed by atoms with Crippen molar-refractivity contribution in [1.29, 1.82) is 5.26 Å². The molecule has 1 heterocycles. The molecule has 0 saturated heterocycles. The minimum atomic E-state index is -0.560. The third-order valence-electron chi connectivity index (χ3n) is 2.31. The van der Waals surface area contributed by atoms with E-state index in [-0.39, 0.29) is 35.4 Å². The third kappa shape index (κ3) is 3.54. The number of carbonyl (C=O) groups is 1. The van der Waals surface area contributed by atoms with Gasteiger partial charge in [0.2, 0.25) is 0 Å². The number of benzene rings is 1. The Bertz CT molecular complexity index is 620. The van der Waals surface area contributed by atoms with E-state index in [4.69, 9.17) is 0 Å². The summed E-state index contributed by atoms with van der Waals surface area (Å²) in [6.07, 6.45) is 0. The van der Waals surface area contributed by atoms with Gasteiger partial charge in [0.15, 0.2) is 0 Å². The number of nitriles is 1. The fraction of sp³-hybridized carbons (Fsp3) is 0.182. The van der Waals surface area contributed by atoms with E-state index in [1.807, 2.05) is 6.92 Å². The molecule has 0 atom stereocenters. The molecule has 0 aliphatic heterocycles. The standard InChI is InChI=1S/C11H11N7O.Na/c1-2-13-8-4-3-5-9(7(8)6-12)14-11(19)10-15-17-18-16-10;/h3-5,13H,2H2,1H3,(H2,14,15,16,17,18,19);/q;+1/p-1. The summed E-state index contributed by atoms with van der Waals surface area (Å²) in [6, 6.07) is 7.17. The summed E-state index contributed by atoms with van der Waals surface area (Å²) in [5.74, 6) is -0.701. The molecular weight excluding hydrogens is 269 g/mol. The fourth-order valence-electron chi connectivity index (χ4n) is 1.53. The van der Waals surface area contributed by atoms with E-state index >= 15 is 0 Å². The number of carbonyl (C=O) groups excluding carboxylic acids is 1. The van der Waals surface area contributed by atoms with Gasteiger partial charge in [-0.3, -0.25) is 15.1 Å². The van der Waals surface area contributed by atoms with Gasteiger partial charge in [0.05, 0.1) is 22.8 Å². The largest absolute Gasteiger partial charge is 1.00 e. The number of hydrogen-bond donors (Lipinski definition) is 2. The summed E-state index contributed by atoms with van der Waals surface area (Å²) in [7, 11) is 0. The van der Waals surface area contributed by atoms with Crippen LogP contribution in [0.25, 0.3) is 0 Å². The van der Waals surface area contributed by atoms with Crippen molar-refractivity contribution in [3.05, 3.63) is 29.6 Å². The van der Waals surface area contributed by atoms with Gasteiger partial charge in [-0.15, -0.1) is 0 Å². The van der Waals surface area contributed by atoms with Crippen LogP contribution in [0.4, 0.5) is 11.4 Å². The average Bonchev–Trinajstić information content (AvgIpc) is 2.93. The minimum Gasteiger partial charge on any atom is -0.384 e. The molecular formula is C11H10N7NaO. The summed E-state index contributed by atoms with van der Waals surface area (Å²) in [5.41, 5.74) is 1.39. The number of rotatable bonds is 4. The number of tetrazole rings is 1. The van der Waals surface area contributed by atoms with Crippen LogP contribution in [-0.2, 0) is 0 Å². The van der Waals surface area contributed by atoms with E-state index in [2.05, 4.69) is 37.3 Å². The minimum absolute atomic E-state index is 0. The maximum atomic E-state index is 11.8. The zero-order chi connectivity index (χ0) is 13.7. The quantitative estimate of drug-likeness (QED) is 0.589. The summed E-state index contributed by atoms with van der Waals surface area (Å²) >= 11 is 0. The Morgan fingerprint density at radius 1 is 1.45 bits per heavy atom. The van der Waals surface area contributed by atoms with Gasteiger partial charge in [0.25, 0.3) is 5.91 Å². The first kappa shape index (κ1) is 16.1. The van der Waals surface area contributed by atoms with Gasteiger partial charge < -0.3 is 15.7 Å². The Morgan fingerprint density at radius 2 is 2.20 bits per heavy atom. The maximum absolute atomic E-state index is 11.8. The van der Waals surface area contributed by atoms with Crippen molar-refractivity contribution in [3.63, 3.8) is 0 Å². The Hall–Kier alpha value is -1.95. The predicted molar refractivity (Wildman–Crippen MR) is 66.4 cm³/mol. The number of nitrogens with zero attached hydrogens (tertiary/aromatic N) is 5. The second-order valence-electron chi connectivity index (χ2n) is 3.53. The normalized spacial score (nSPS) is 9.20. The third-order valence-corrected chi connectivity index (χ3v) is 2.31. The van der Waals surface area contributed by atoms with Crippen LogP contribution in [0.15, 0.2) is 18.2 Å². The molecule has 2 aromatic rings. The zero-order valence-electron chi connectivity index (χ0n) is 11.1. The molecule has 0 radical (unpaired) electrons. The average molecular weight is 279 g/mol. The predicted octanol–water partition coefficient (Wildman–Crippen LogP) is -2.61. The number of amides is 1. The summed E-state index contributed by atoms with van der Waals surface area (Å²) < 4.78 is 0. The van der Waals surface area contributed by atoms with E-state index in [1.54, 1.807) is 18.2 Å². The second-order valence-corrected chi connectivity index (χ2v) is 3.53. The zero-order valence-corrected chi connectivity index (χ0v) is 13.1. The van der Waals surface area contributed by atoms with E-state index in [1.165, 1.54) is 0 Å². The molecule has 8 nitrogen and oxygen atoms in total. The molecule has 1 aromatic carbocycles. The number of anilines is 2. The molecule has 9 heteroatoms. The van der Waals surface area contributed by atoms with Crippen LogP contribution in [0, 0.1) is 11.3 Å². The summed E-state index contributed by atoms with van der Waals surface area (Å²) in [5, 5.41) is 28.1. The molecule has 1 amide bonds. The molecule has 0 saturated carbocycles. The monoisotopic (exact) mass is 279 g/mol. The molecule has 20 heavy (non-hydrogen) atoms. The van der Waals surface area contributed by atoms with Gasteiger partial charge in [-0.2, -0.15) is 10.5 Å². The van der Waals surface area contributed by atoms with Crippen molar-refractivity contribution in [3.8, 4) is 6.07 Å². The van der Waals surface area contributed by atoms with Crippen LogP contribution in [-0.4, -0.2) is 28.0 Å². The van der Waals surface area contributed by atoms with Gasteiger partial charge in [-0.25, -0.2) is 0 Å². The smallest absolute Gasteiger partial charge is 0.384 e. The summed E-state index contributed by atoms with van der Waals surface area (Å²) in [4.78, 5) is 11.8. The fourth-order valence-corrected chi connectivity index (χ4v) is 1.53. The van der Waals surface area contributed by atoms with Gasteiger partial charge in [0.1, 0.15) is 6.07 Å². The van der Waals surface area contributed by atoms with E-state index < -0.39 is 5.91 Å². The molecule has 2 N–H and O–H groups in total. The Labute approximate surface area is 137 Å². The second kappa shape index (κ2) is 7.59. The molecule has 1 aromatic heterocycles. The number of nitrogens with one attached hydrogen (secondary N) is 2. The Morgan fingerprint density at radius 3 is 2.80 bits per heavy atom. The first-order valence-corrected chi connectivity index (χ1v) is 5.53. The van der Waals surface area contributed by atoms with Crippen molar-refractivity contribution < 1.29 is 34.4 Å². The first-order chi connectivity index (χ1) is 9.26. The van der Waals surface area contributed by atoms with Crippen molar-refractivity contribution in [1.82, 2.24) is 20.6 Å². The van der Waals surface area contributed by atoms with Gasteiger partial charge >= 0.3 is 29.6 Å². The molecule has 96 valence electrons. The maximum Gasteiger partial charge on any atom is 1.00 e. The topological polar surface area (TPSA) is 118 Å². The van der Waals surface area contributed by atoms with Gasteiger partial charge in [-0.05, 0) is 19.1 Å². The van der Waals surface area contributed by atoms with Gasteiger partial charge in [0, 0.05) is 6.54 Å². The first-order valence-electron chi connectivity index (χ1n) is 5.53. The van der Waals surface area contributed by atoms with Crippen LogP contribution in [0.2, 0.25) is 0 Å². The van der Waals surface area contributed by atoms with Crippen LogP contribution in [0.1, 0.15) is 23.1 Å². The van der Waals surface area contributed by atoms with Gasteiger partial charge in [-0.1, -0.05) is 6.07 Å². The molecule has 0 spiro atoms. The Balaban J connectivity index is 0.00000200. The SMILES string of the molecule is CCNc1cccc(NC(=O)c2nnn[n-]2)c1C#N.[Na+]. The molecule has 0 unspecified atom stereocenters. The van der Waals surface area contributed by atoms with Crippen molar-refractivity contribution >= 4 is 17.3 Å². The number of aromatic nitrogens is 4. The van der Waals surface area contributed by atoms with E-state index in [9.17, 15) is 10.1 Å². The molecule has 0 aliphatic carbocycles. The van der Waals surface area contributed by atoms with Crippen molar-refractivity contribution in [2.75, 3.05) is 17.2 Å². The summed E-state index contributed by atoms with van der Waals surface area (Å²) in [6.45, 7) is 2.59. The van der Waals surface area contributed by atoms with Crippen molar-refractivity contribution in [2.24, 2.45) is 0 Å². The van der Waals surface area contributed by atoms with Crippen molar-refractivity contribution in [2.45, 2.75) is 6.92 Å². The van der Waals surface area contributed by atoms with Crippen LogP contribution in [0.3, 0.4) is 0 Å². The van der Waals surface area contributed by atoms with E-state index in [0.717, 1.165) is 0 Å². The molecule has 2 rings (SSSR count). The van der Waals surface area contributed by atoms with Crippen LogP contribution >= 0.6 is 0 Å². The molecule has 0 bridgehead atoms. The number of hydrogen-bond acceptors (Lipinski definition) is 6. The van der Waals surface area contributed by atoms with Crippen LogP contribution in [0.5, 0.6) is 0 Å².